The van der Waals surface area contributed by atoms with Gasteiger partial charge < -0.3 is 19.6 Å². The van der Waals surface area contributed by atoms with Crippen LogP contribution >= 0.6 is 0 Å². The van der Waals surface area contributed by atoms with E-state index in [4.69, 9.17) is 10.5 Å². The normalized spacial score (nSPS) is 13.0. The Morgan fingerprint density at radius 3 is 2.68 bits per heavy atom. The topological polar surface area (TPSA) is 89.0 Å². The minimum absolute atomic E-state index is 0.467. The number of hydrogen-bond acceptors (Lipinski definition) is 5. The molecule has 1 unspecified atom stereocenters. The van der Waals surface area contributed by atoms with Gasteiger partial charge in [-0.2, -0.15) is 0 Å². The van der Waals surface area contributed by atoms with Crippen molar-refractivity contribution in [3.63, 3.8) is 0 Å². The van der Waals surface area contributed by atoms with Gasteiger partial charge in [0.05, 0.1) is 18.4 Å². The van der Waals surface area contributed by atoms with Gasteiger partial charge in [-0.3, -0.25) is 0 Å². The lowest BCUT2D eigenvalue weighted by Gasteiger charge is -2.12. The van der Waals surface area contributed by atoms with Gasteiger partial charge in [0.1, 0.15) is 17.1 Å². The van der Waals surface area contributed by atoms with Gasteiger partial charge in [-0.15, -0.1) is 0 Å². The number of nitrogens with zero attached hydrogens (tertiary/aromatic N) is 3. The molecule has 0 saturated heterocycles. The van der Waals surface area contributed by atoms with Crippen LogP contribution in [0.15, 0.2) is 0 Å². The van der Waals surface area contributed by atoms with Crippen LogP contribution in [0.1, 0.15) is 23.5 Å². The zero-order chi connectivity index (χ0) is 16.3. The number of nitrogens with two attached hydrogens (primary N) is 1. The summed E-state index contributed by atoms with van der Waals surface area (Å²) >= 11 is -0.782. The van der Waals surface area contributed by atoms with Crippen LogP contribution in [-0.4, -0.2) is 44.8 Å². The summed E-state index contributed by atoms with van der Waals surface area (Å²) in [6, 6.07) is 0. The molecule has 0 aromatic carbocycles. The lowest BCUT2D eigenvalue weighted by Crippen LogP contribution is -2.11. The smallest absolute Gasteiger partial charge is 0.151 e. The predicted molar refractivity (Wildman–Crippen MR) is 90.5 cm³/mol. The molecule has 122 valence electrons. The number of pyridine rings is 1. The molecule has 2 N–H and O–H groups in total. The van der Waals surface area contributed by atoms with Gasteiger partial charge in [0.2, 0.25) is 0 Å². The first kappa shape index (κ1) is 17.1. The van der Waals surface area contributed by atoms with E-state index in [-0.39, 0.29) is 0 Å². The van der Waals surface area contributed by atoms with Crippen molar-refractivity contribution in [2.24, 2.45) is 0 Å². The monoisotopic (exact) mass is 324 g/mol. The van der Waals surface area contributed by atoms with E-state index in [1.165, 1.54) is 0 Å². The average molecular weight is 324 g/mol. The van der Waals surface area contributed by atoms with Gasteiger partial charge in [0, 0.05) is 32.2 Å². The van der Waals surface area contributed by atoms with Gasteiger partial charge in [0.15, 0.2) is 5.82 Å². The second-order valence-corrected chi connectivity index (χ2v) is 7.01. The molecule has 0 aliphatic heterocycles. The molecule has 2 aromatic heterocycles. The van der Waals surface area contributed by atoms with Gasteiger partial charge in [-0.05, 0) is 19.4 Å². The van der Waals surface area contributed by atoms with Crippen LogP contribution in [0.25, 0.3) is 11.0 Å². The predicted octanol–water partition coefficient (Wildman–Crippen LogP) is 1.59. The van der Waals surface area contributed by atoms with Gasteiger partial charge in [-0.25, -0.2) is 9.97 Å². The van der Waals surface area contributed by atoms with Crippen LogP contribution in [0.4, 0.5) is 5.82 Å². The molecule has 0 radical (unpaired) electrons. The molecule has 7 heteroatoms. The van der Waals surface area contributed by atoms with E-state index in [0.29, 0.717) is 18.2 Å². The molecule has 0 saturated carbocycles. The molecule has 2 heterocycles. The standard InChI is InChI=1S/C15H24N4O2S/c1-10-11(2)17-15(16)13-14(10)19(7-5-9-22(4)20)12(18-13)6-8-21-3/h5-9H2,1-4H3,(H2,16,17). The molecule has 2 aromatic rings. The van der Waals surface area contributed by atoms with E-state index in [2.05, 4.69) is 14.5 Å². The maximum absolute atomic E-state index is 11.3. The summed E-state index contributed by atoms with van der Waals surface area (Å²) in [5, 5.41) is 0. The Morgan fingerprint density at radius 1 is 1.32 bits per heavy atom. The zero-order valence-corrected chi connectivity index (χ0v) is 14.5. The van der Waals surface area contributed by atoms with E-state index < -0.39 is 11.2 Å². The number of imidazole rings is 1. The Labute approximate surface area is 134 Å². The van der Waals surface area contributed by atoms with Gasteiger partial charge in [-0.1, -0.05) is 11.2 Å². The highest BCUT2D eigenvalue weighted by Gasteiger charge is 2.17. The molecular formula is C15H24N4O2S. The third-order valence-corrected chi connectivity index (χ3v) is 4.68. The van der Waals surface area contributed by atoms with Crippen molar-refractivity contribution in [3.8, 4) is 0 Å². The average Bonchev–Trinajstić information content (AvgIpc) is 2.82. The molecule has 2 rings (SSSR count). The number of hydrogen-bond donors (Lipinski definition) is 1. The SMILES string of the molecule is COCCc1nc2c(N)nc(C)c(C)c2n1CCC[S+](C)[O-]. The summed E-state index contributed by atoms with van der Waals surface area (Å²) in [6.45, 7) is 5.38. The first-order chi connectivity index (χ1) is 10.5. The lowest BCUT2D eigenvalue weighted by molar-refractivity contribution is 0.199. The van der Waals surface area contributed by atoms with Crippen LogP contribution in [0.2, 0.25) is 0 Å². The second kappa shape index (κ2) is 7.30. The number of anilines is 1. The fourth-order valence-corrected chi connectivity index (χ4v) is 3.13. The highest BCUT2D eigenvalue weighted by atomic mass is 32.2. The molecule has 22 heavy (non-hydrogen) atoms. The maximum atomic E-state index is 11.3. The first-order valence-corrected chi connectivity index (χ1v) is 9.09. The van der Waals surface area contributed by atoms with Crippen molar-refractivity contribution in [1.29, 1.82) is 0 Å². The Bertz CT molecular complexity index is 655. The number of fused-ring (bicyclic) bond motifs is 1. The van der Waals surface area contributed by atoms with Crippen molar-refractivity contribution in [2.75, 3.05) is 31.5 Å². The van der Waals surface area contributed by atoms with Crippen molar-refractivity contribution >= 4 is 28.0 Å². The van der Waals surface area contributed by atoms with Crippen LogP contribution in [-0.2, 0) is 28.9 Å². The molecule has 0 amide bonds. The number of ether oxygens (including phenoxy) is 1. The van der Waals surface area contributed by atoms with E-state index in [9.17, 15) is 4.55 Å². The summed E-state index contributed by atoms with van der Waals surface area (Å²) in [5.74, 6) is 2.10. The van der Waals surface area contributed by atoms with Crippen LogP contribution in [0, 0.1) is 13.8 Å². The Kier molecular flexibility index (Phi) is 5.66. The quantitative estimate of drug-likeness (QED) is 0.781. The number of rotatable bonds is 7. The number of aryl methyl sites for hydroxylation is 3. The Morgan fingerprint density at radius 2 is 2.05 bits per heavy atom. The first-order valence-electron chi connectivity index (χ1n) is 7.36. The number of aromatic nitrogens is 3. The summed E-state index contributed by atoms with van der Waals surface area (Å²) in [5.41, 5.74) is 9.86. The molecule has 0 aliphatic rings. The van der Waals surface area contributed by atoms with Crippen LogP contribution in [0.5, 0.6) is 0 Å². The third kappa shape index (κ3) is 3.53. The number of methoxy groups -OCH3 is 1. The summed E-state index contributed by atoms with van der Waals surface area (Å²) in [6.07, 6.45) is 3.29. The summed E-state index contributed by atoms with van der Waals surface area (Å²) < 4.78 is 18.7. The van der Waals surface area contributed by atoms with Crippen LogP contribution < -0.4 is 5.73 Å². The lowest BCUT2D eigenvalue weighted by atomic mass is 10.2. The van der Waals surface area contributed by atoms with Crippen molar-refractivity contribution < 1.29 is 9.29 Å². The highest BCUT2D eigenvalue weighted by molar-refractivity contribution is 7.90. The van der Waals surface area contributed by atoms with Crippen molar-refractivity contribution in [2.45, 2.75) is 33.2 Å². The molecule has 0 aliphatic carbocycles. The fraction of sp³-hybridized carbons (Fsp3) is 0.600. The van der Waals surface area contributed by atoms with Gasteiger partial charge >= 0.3 is 0 Å². The van der Waals surface area contributed by atoms with E-state index >= 15 is 0 Å². The third-order valence-electron chi connectivity index (χ3n) is 3.82. The maximum Gasteiger partial charge on any atom is 0.151 e. The van der Waals surface area contributed by atoms with E-state index in [1.54, 1.807) is 13.4 Å². The molecule has 6 nitrogen and oxygen atoms in total. The molecular weight excluding hydrogens is 300 g/mol. The van der Waals surface area contributed by atoms with Crippen LogP contribution in [0.3, 0.4) is 0 Å². The Balaban J connectivity index is 2.47. The summed E-state index contributed by atoms with van der Waals surface area (Å²) in [4.78, 5) is 9.04. The molecule has 1 atom stereocenters. The second-order valence-electron chi connectivity index (χ2n) is 5.46. The van der Waals surface area contributed by atoms with E-state index in [0.717, 1.165) is 47.5 Å². The minimum atomic E-state index is -0.782. The van der Waals surface area contributed by atoms with Gasteiger partial charge in [0.25, 0.3) is 0 Å². The molecule has 0 fully saturated rings. The molecule has 0 bridgehead atoms. The zero-order valence-electron chi connectivity index (χ0n) is 13.7. The fourth-order valence-electron chi connectivity index (χ4n) is 2.60. The van der Waals surface area contributed by atoms with Crippen molar-refractivity contribution in [3.05, 3.63) is 17.1 Å². The highest BCUT2D eigenvalue weighted by Crippen LogP contribution is 2.26. The Hall–Kier alpha value is -1.31. The number of nitrogen functional groups attached to an aromatic ring is 1. The largest absolute Gasteiger partial charge is 0.617 e. The summed E-state index contributed by atoms with van der Waals surface area (Å²) in [7, 11) is 1.68. The molecule has 0 spiro atoms. The van der Waals surface area contributed by atoms with Crippen molar-refractivity contribution in [1.82, 2.24) is 14.5 Å². The van der Waals surface area contributed by atoms with E-state index in [1.807, 2.05) is 13.8 Å². The minimum Gasteiger partial charge on any atom is -0.617 e.